The first-order valence-corrected chi connectivity index (χ1v) is 4.78. The molecule has 0 radical (unpaired) electrons. The van der Waals surface area contributed by atoms with E-state index in [2.05, 4.69) is 14.9 Å². The van der Waals surface area contributed by atoms with E-state index < -0.39 is 6.10 Å². The van der Waals surface area contributed by atoms with Crippen molar-refractivity contribution in [1.82, 2.24) is 14.9 Å². The molecule has 2 rings (SSSR count). The predicted octanol–water partition coefficient (Wildman–Crippen LogP) is -0.805. The Morgan fingerprint density at radius 3 is 3.00 bits per heavy atom. The number of hydrogen-bond donors (Lipinski definition) is 3. The number of rotatable bonds is 3. The first-order chi connectivity index (χ1) is 6.79. The molecule has 5 heteroatoms. The van der Waals surface area contributed by atoms with Crippen LogP contribution in [0.1, 0.15) is 5.69 Å². The van der Waals surface area contributed by atoms with E-state index in [1.54, 1.807) is 12.5 Å². The SMILES string of the molecule is OC[C@H]1CN(Cc2cnc[nH]2)C[C@@H]1O. The largest absolute Gasteiger partial charge is 0.396 e. The highest BCUT2D eigenvalue weighted by molar-refractivity contribution is 4.96. The highest BCUT2D eigenvalue weighted by atomic mass is 16.3. The Hall–Kier alpha value is -0.910. The van der Waals surface area contributed by atoms with Gasteiger partial charge in [-0.2, -0.15) is 0 Å². The maximum absolute atomic E-state index is 9.56. The summed E-state index contributed by atoms with van der Waals surface area (Å²) in [5.41, 5.74) is 1.04. The first kappa shape index (κ1) is 9.64. The molecule has 2 atom stereocenters. The smallest absolute Gasteiger partial charge is 0.0922 e. The van der Waals surface area contributed by atoms with Crippen molar-refractivity contribution in [2.24, 2.45) is 5.92 Å². The van der Waals surface area contributed by atoms with Gasteiger partial charge in [-0.15, -0.1) is 0 Å². The van der Waals surface area contributed by atoms with Crippen LogP contribution >= 0.6 is 0 Å². The predicted molar refractivity (Wildman–Crippen MR) is 50.4 cm³/mol. The van der Waals surface area contributed by atoms with Gasteiger partial charge in [-0.25, -0.2) is 4.98 Å². The van der Waals surface area contributed by atoms with E-state index in [0.717, 1.165) is 18.8 Å². The zero-order chi connectivity index (χ0) is 9.97. The Labute approximate surface area is 82.4 Å². The Morgan fingerprint density at radius 1 is 1.57 bits per heavy atom. The third kappa shape index (κ3) is 1.95. The summed E-state index contributed by atoms with van der Waals surface area (Å²) >= 11 is 0. The second-order valence-corrected chi connectivity index (χ2v) is 3.78. The van der Waals surface area contributed by atoms with E-state index in [0.29, 0.717) is 6.54 Å². The number of aliphatic hydroxyl groups excluding tert-OH is 2. The van der Waals surface area contributed by atoms with Crippen molar-refractivity contribution < 1.29 is 10.2 Å². The summed E-state index contributed by atoms with van der Waals surface area (Å²) < 4.78 is 0. The molecule has 3 N–H and O–H groups in total. The van der Waals surface area contributed by atoms with Crippen LogP contribution in [0.15, 0.2) is 12.5 Å². The fraction of sp³-hybridized carbons (Fsp3) is 0.667. The zero-order valence-electron chi connectivity index (χ0n) is 7.93. The van der Waals surface area contributed by atoms with Gasteiger partial charge >= 0.3 is 0 Å². The van der Waals surface area contributed by atoms with Crippen LogP contribution in [-0.4, -0.2) is 50.9 Å². The number of imidazole rings is 1. The molecule has 0 spiro atoms. The van der Waals surface area contributed by atoms with Crippen LogP contribution in [0.5, 0.6) is 0 Å². The van der Waals surface area contributed by atoms with Crippen molar-refractivity contribution in [2.75, 3.05) is 19.7 Å². The van der Waals surface area contributed by atoms with Gasteiger partial charge in [-0.3, -0.25) is 4.90 Å². The van der Waals surface area contributed by atoms with Gasteiger partial charge in [0.15, 0.2) is 0 Å². The van der Waals surface area contributed by atoms with Gasteiger partial charge in [-0.05, 0) is 0 Å². The quantitative estimate of drug-likeness (QED) is 0.593. The van der Waals surface area contributed by atoms with Crippen LogP contribution < -0.4 is 0 Å². The van der Waals surface area contributed by atoms with E-state index in [-0.39, 0.29) is 12.5 Å². The number of nitrogens with zero attached hydrogens (tertiary/aromatic N) is 2. The average Bonchev–Trinajstić information content (AvgIpc) is 2.76. The molecule has 1 aromatic rings. The lowest BCUT2D eigenvalue weighted by Crippen LogP contribution is -2.21. The molecule has 1 saturated heterocycles. The molecule has 5 nitrogen and oxygen atoms in total. The second kappa shape index (κ2) is 4.08. The van der Waals surface area contributed by atoms with E-state index in [1.807, 2.05) is 0 Å². The third-order valence-electron chi connectivity index (χ3n) is 2.67. The molecular weight excluding hydrogens is 182 g/mol. The van der Waals surface area contributed by atoms with E-state index in [4.69, 9.17) is 5.11 Å². The van der Waals surface area contributed by atoms with Crippen LogP contribution in [-0.2, 0) is 6.54 Å². The van der Waals surface area contributed by atoms with Crippen molar-refractivity contribution in [3.05, 3.63) is 18.2 Å². The summed E-state index contributed by atoms with van der Waals surface area (Å²) in [7, 11) is 0. The van der Waals surface area contributed by atoms with Gasteiger partial charge in [0.25, 0.3) is 0 Å². The first-order valence-electron chi connectivity index (χ1n) is 4.78. The lowest BCUT2D eigenvalue weighted by molar-refractivity contribution is 0.103. The van der Waals surface area contributed by atoms with E-state index in [1.165, 1.54) is 0 Å². The molecule has 0 amide bonds. The molecular formula is C9H15N3O2. The second-order valence-electron chi connectivity index (χ2n) is 3.78. The summed E-state index contributed by atoms with van der Waals surface area (Å²) in [5.74, 6) is -0.00192. The third-order valence-corrected chi connectivity index (χ3v) is 2.67. The molecule has 1 fully saturated rings. The molecule has 1 aliphatic rings. The molecule has 14 heavy (non-hydrogen) atoms. The molecule has 1 aliphatic heterocycles. The van der Waals surface area contributed by atoms with Crippen LogP contribution in [0, 0.1) is 5.92 Å². The molecule has 2 heterocycles. The van der Waals surface area contributed by atoms with Crippen LogP contribution in [0.25, 0.3) is 0 Å². The number of likely N-dealkylation sites (tertiary alicyclic amines) is 1. The van der Waals surface area contributed by atoms with Gasteiger partial charge < -0.3 is 15.2 Å². The molecule has 0 aromatic carbocycles. The lowest BCUT2D eigenvalue weighted by atomic mass is 10.1. The van der Waals surface area contributed by atoms with Gasteiger partial charge in [0.05, 0.1) is 12.4 Å². The minimum absolute atomic E-state index is 0.00192. The van der Waals surface area contributed by atoms with Crippen LogP contribution in [0.3, 0.4) is 0 Å². The minimum Gasteiger partial charge on any atom is -0.396 e. The molecule has 1 aromatic heterocycles. The monoisotopic (exact) mass is 197 g/mol. The summed E-state index contributed by atoms with van der Waals surface area (Å²) in [4.78, 5) is 9.05. The van der Waals surface area contributed by atoms with Gasteiger partial charge in [0.2, 0.25) is 0 Å². The van der Waals surface area contributed by atoms with Crippen LogP contribution in [0.4, 0.5) is 0 Å². The van der Waals surface area contributed by atoms with E-state index in [9.17, 15) is 5.11 Å². The van der Waals surface area contributed by atoms with Gasteiger partial charge in [0, 0.05) is 44.0 Å². The summed E-state index contributed by atoms with van der Waals surface area (Å²) in [5, 5.41) is 18.5. The molecule has 0 bridgehead atoms. The van der Waals surface area contributed by atoms with Crippen molar-refractivity contribution >= 4 is 0 Å². The number of H-pyrrole nitrogens is 1. The van der Waals surface area contributed by atoms with Crippen molar-refractivity contribution in [3.8, 4) is 0 Å². The topological polar surface area (TPSA) is 72.4 Å². The number of β-amino-alcohol motifs (C(OH)–C–C–N with tert-alkyl or cyclic N) is 1. The van der Waals surface area contributed by atoms with Crippen molar-refractivity contribution in [3.63, 3.8) is 0 Å². The van der Waals surface area contributed by atoms with Gasteiger partial charge in [0.1, 0.15) is 0 Å². The Kier molecular flexibility index (Phi) is 2.81. The molecule has 0 saturated carbocycles. The minimum atomic E-state index is -0.400. The Balaban J connectivity index is 1.89. The number of hydrogen-bond acceptors (Lipinski definition) is 4. The molecule has 0 unspecified atom stereocenters. The Morgan fingerprint density at radius 2 is 2.43 bits per heavy atom. The lowest BCUT2D eigenvalue weighted by Gasteiger charge is -2.13. The van der Waals surface area contributed by atoms with Crippen LogP contribution in [0.2, 0.25) is 0 Å². The fourth-order valence-electron chi connectivity index (χ4n) is 1.86. The number of aliphatic hydroxyl groups is 2. The number of aromatic nitrogens is 2. The van der Waals surface area contributed by atoms with Gasteiger partial charge in [-0.1, -0.05) is 0 Å². The summed E-state index contributed by atoms with van der Waals surface area (Å²) in [6, 6.07) is 0. The van der Waals surface area contributed by atoms with Crippen molar-refractivity contribution in [1.29, 1.82) is 0 Å². The average molecular weight is 197 g/mol. The zero-order valence-corrected chi connectivity index (χ0v) is 7.93. The normalized spacial score (nSPS) is 28.4. The van der Waals surface area contributed by atoms with Crippen molar-refractivity contribution in [2.45, 2.75) is 12.6 Å². The highest BCUT2D eigenvalue weighted by Gasteiger charge is 2.30. The van der Waals surface area contributed by atoms with E-state index >= 15 is 0 Å². The summed E-state index contributed by atoms with van der Waals surface area (Å²) in [6.45, 7) is 2.19. The maximum atomic E-state index is 9.56. The summed E-state index contributed by atoms with van der Waals surface area (Å²) in [6.07, 6.45) is 3.02. The standard InChI is InChI=1S/C9H15N3O2/c13-5-7-2-12(4-9(7)14)3-8-1-10-6-11-8/h1,6-7,9,13-14H,2-5H2,(H,10,11)/t7-,9+/m1/s1. The maximum Gasteiger partial charge on any atom is 0.0922 e. The number of nitrogens with one attached hydrogen (secondary N) is 1. The molecule has 0 aliphatic carbocycles. The fourth-order valence-corrected chi connectivity index (χ4v) is 1.86. The Bertz CT molecular complexity index is 276. The highest BCUT2D eigenvalue weighted by Crippen LogP contribution is 2.17. The molecule has 78 valence electrons. The number of aromatic amines is 1.